The van der Waals surface area contributed by atoms with Crippen LogP contribution in [-0.2, 0) is 21.6 Å². The van der Waals surface area contributed by atoms with E-state index in [9.17, 15) is 18.7 Å². The lowest BCUT2D eigenvalue weighted by Crippen LogP contribution is -2.18. The van der Waals surface area contributed by atoms with Crippen LogP contribution in [0.1, 0.15) is 72.7 Å². The first-order valence-corrected chi connectivity index (χ1v) is 16.0. The van der Waals surface area contributed by atoms with Gasteiger partial charge in [0.2, 0.25) is 5.13 Å². The van der Waals surface area contributed by atoms with Gasteiger partial charge in [-0.1, -0.05) is 54.6 Å². The second-order valence-electron chi connectivity index (χ2n) is 11.6. The third-order valence-electron chi connectivity index (χ3n) is 7.84. The Hall–Kier alpha value is -3.07. The van der Waals surface area contributed by atoms with Gasteiger partial charge in [-0.05, 0) is 85.4 Å². The number of thiophene rings is 1. The van der Waals surface area contributed by atoms with Gasteiger partial charge in [0.1, 0.15) is 5.52 Å². The monoisotopic (exact) mass is 607 g/mol. The second-order valence-corrected chi connectivity index (χ2v) is 13.8. The molecule has 2 heterocycles. The number of methoxy groups -OCH3 is 1. The summed E-state index contributed by atoms with van der Waals surface area (Å²) in [5, 5.41) is 10.1. The van der Waals surface area contributed by atoms with Gasteiger partial charge in [-0.25, -0.2) is 9.37 Å². The number of aliphatic hydroxyl groups is 1. The zero-order chi connectivity index (χ0) is 29.9. The Morgan fingerprint density at radius 2 is 1.93 bits per heavy atom. The molecule has 1 atom stereocenters. The summed E-state index contributed by atoms with van der Waals surface area (Å²) in [7, 11) is 1.44. The van der Waals surface area contributed by atoms with E-state index in [1.54, 1.807) is 12.1 Å². The lowest BCUT2D eigenvalue weighted by molar-refractivity contribution is -0.141. The van der Waals surface area contributed by atoms with Crippen molar-refractivity contribution in [2.45, 2.75) is 56.8 Å². The zero-order valence-electron chi connectivity index (χ0n) is 24.0. The molecule has 1 unspecified atom stereocenters. The maximum Gasteiger partial charge on any atom is 0.306 e. The summed E-state index contributed by atoms with van der Waals surface area (Å²) in [6, 6.07) is 19.8. The molecule has 2 aromatic carbocycles. The Bertz CT molecular complexity index is 1600. The van der Waals surface area contributed by atoms with Crippen molar-refractivity contribution in [3.63, 3.8) is 0 Å². The molecule has 0 aliphatic heterocycles. The number of aryl methyl sites for hydroxylation is 1. The first kappa shape index (κ1) is 30.4. The minimum absolute atomic E-state index is 0.000756. The molecule has 0 radical (unpaired) electrons. The van der Waals surface area contributed by atoms with Gasteiger partial charge in [-0.15, -0.1) is 11.3 Å². The van der Waals surface area contributed by atoms with Gasteiger partial charge in [-0.3, -0.25) is 4.79 Å². The Morgan fingerprint density at radius 1 is 1.14 bits per heavy atom. The molecule has 1 saturated carbocycles. The Morgan fingerprint density at radius 3 is 2.67 bits per heavy atom. The summed E-state index contributed by atoms with van der Waals surface area (Å²) < 4.78 is 33.2. The van der Waals surface area contributed by atoms with Crippen LogP contribution in [0.5, 0.6) is 0 Å². The SMILES string of the molecule is COC(=O)CC1(CSC(CCc2ccccc2C(C)(C)O)c2cccc(C=Cc3ccc4sc(F)c(F)c4n3)c2)CC1. The molecule has 1 N–H and O–H groups in total. The number of hydrogen-bond donors (Lipinski definition) is 1. The number of thioether (sulfide) groups is 1. The van der Waals surface area contributed by atoms with E-state index in [0.717, 1.165) is 59.5 Å². The maximum atomic E-state index is 14.1. The number of carbonyl (C=O) groups excluding carboxylic acids is 1. The molecule has 4 nitrogen and oxygen atoms in total. The number of carbonyl (C=O) groups is 1. The van der Waals surface area contributed by atoms with Gasteiger partial charge in [0.05, 0.1) is 29.5 Å². The molecular formula is C34H35F2NO3S2. The van der Waals surface area contributed by atoms with Crippen molar-refractivity contribution >= 4 is 51.4 Å². The van der Waals surface area contributed by atoms with Gasteiger partial charge in [0.15, 0.2) is 5.82 Å². The standard InChI is InChI=1S/C34H35F2NO3S2/c1-33(2,39)26-10-5-4-8-23(26)12-15-27(41-21-34(17-18-34)20-29(38)40-3)24-9-6-7-22(19-24)11-13-25-14-16-28-31(37-25)30(35)32(36)42-28/h4-11,13-14,16,19,27,39H,12,15,17-18,20-21H2,1-3H3. The van der Waals surface area contributed by atoms with Gasteiger partial charge >= 0.3 is 5.97 Å². The van der Waals surface area contributed by atoms with Crippen LogP contribution in [0.3, 0.4) is 0 Å². The van der Waals surface area contributed by atoms with E-state index in [2.05, 4.69) is 23.2 Å². The van der Waals surface area contributed by atoms with E-state index in [4.69, 9.17) is 4.74 Å². The average molecular weight is 608 g/mol. The van der Waals surface area contributed by atoms with E-state index in [1.807, 2.05) is 68.1 Å². The Kier molecular flexibility index (Phi) is 9.16. The number of halogens is 2. The highest BCUT2D eigenvalue weighted by Gasteiger charge is 2.45. The number of nitrogens with zero attached hydrogens (tertiary/aromatic N) is 1. The minimum atomic E-state index is -0.933. The van der Waals surface area contributed by atoms with Crippen molar-refractivity contribution in [3.8, 4) is 0 Å². The largest absolute Gasteiger partial charge is 0.469 e. The van der Waals surface area contributed by atoms with Gasteiger partial charge in [0.25, 0.3) is 0 Å². The summed E-state index contributed by atoms with van der Waals surface area (Å²) in [4.78, 5) is 16.3. The third-order valence-corrected chi connectivity index (χ3v) is 10.4. The number of aromatic nitrogens is 1. The number of esters is 1. The highest BCUT2D eigenvalue weighted by Crippen LogP contribution is 2.53. The van der Waals surface area contributed by atoms with Crippen LogP contribution >= 0.6 is 23.1 Å². The number of ether oxygens (including phenoxy) is 1. The summed E-state index contributed by atoms with van der Waals surface area (Å²) in [6.07, 6.45) is 7.90. The van der Waals surface area contributed by atoms with Crippen molar-refractivity contribution in [2.75, 3.05) is 12.9 Å². The van der Waals surface area contributed by atoms with Crippen molar-refractivity contribution < 1.29 is 23.4 Å². The second kappa shape index (κ2) is 12.7. The van der Waals surface area contributed by atoms with Crippen LogP contribution in [0, 0.1) is 16.4 Å². The van der Waals surface area contributed by atoms with Crippen LogP contribution in [0.4, 0.5) is 8.78 Å². The molecule has 1 aliphatic carbocycles. The predicted molar refractivity (Wildman–Crippen MR) is 168 cm³/mol. The number of pyridine rings is 1. The molecule has 0 bridgehead atoms. The normalized spacial score (nSPS) is 15.3. The van der Waals surface area contributed by atoms with Crippen LogP contribution in [-0.4, -0.2) is 28.9 Å². The van der Waals surface area contributed by atoms with Crippen molar-refractivity contribution in [1.29, 1.82) is 0 Å². The topological polar surface area (TPSA) is 59.4 Å². The molecule has 220 valence electrons. The number of fused-ring (bicyclic) bond motifs is 1. The van der Waals surface area contributed by atoms with Crippen LogP contribution in [0.2, 0.25) is 0 Å². The molecule has 5 rings (SSSR count). The first-order chi connectivity index (χ1) is 20.1. The van der Waals surface area contributed by atoms with Crippen LogP contribution in [0.15, 0.2) is 60.7 Å². The fourth-order valence-corrected chi connectivity index (χ4v) is 7.56. The third kappa shape index (κ3) is 7.28. The Labute approximate surface area is 253 Å². The lowest BCUT2D eigenvalue weighted by Gasteiger charge is -2.24. The summed E-state index contributed by atoms with van der Waals surface area (Å²) >= 11 is 2.63. The van der Waals surface area contributed by atoms with E-state index in [-0.39, 0.29) is 22.2 Å². The quantitative estimate of drug-likeness (QED) is 0.163. The van der Waals surface area contributed by atoms with Gasteiger partial charge in [-0.2, -0.15) is 16.2 Å². The number of hydrogen-bond acceptors (Lipinski definition) is 6. The first-order valence-electron chi connectivity index (χ1n) is 14.1. The van der Waals surface area contributed by atoms with Crippen molar-refractivity contribution in [2.24, 2.45) is 5.41 Å². The van der Waals surface area contributed by atoms with E-state index in [1.165, 1.54) is 12.7 Å². The molecule has 0 spiro atoms. The fraction of sp³-hybridized carbons (Fsp3) is 0.353. The van der Waals surface area contributed by atoms with E-state index >= 15 is 0 Å². The average Bonchev–Trinajstić information content (AvgIpc) is 3.68. The van der Waals surface area contributed by atoms with Gasteiger partial charge in [0, 0.05) is 11.0 Å². The summed E-state index contributed by atoms with van der Waals surface area (Å²) in [5.74, 6) is -0.196. The lowest BCUT2D eigenvalue weighted by atomic mass is 9.90. The molecule has 8 heteroatoms. The molecular weight excluding hydrogens is 573 g/mol. The number of benzene rings is 2. The number of rotatable bonds is 12. The highest BCUT2D eigenvalue weighted by atomic mass is 32.2. The van der Waals surface area contributed by atoms with Crippen molar-refractivity contribution in [1.82, 2.24) is 4.98 Å². The van der Waals surface area contributed by atoms with Crippen molar-refractivity contribution in [3.05, 3.63) is 99.6 Å². The summed E-state index contributed by atoms with van der Waals surface area (Å²) in [5.41, 5.74) is 3.88. The molecule has 2 aromatic heterocycles. The fourth-order valence-electron chi connectivity index (χ4n) is 5.25. The van der Waals surface area contributed by atoms with E-state index in [0.29, 0.717) is 16.8 Å². The molecule has 0 saturated heterocycles. The molecule has 1 aliphatic rings. The van der Waals surface area contributed by atoms with Crippen LogP contribution < -0.4 is 0 Å². The maximum absolute atomic E-state index is 14.1. The minimum Gasteiger partial charge on any atom is -0.469 e. The molecule has 1 fully saturated rings. The van der Waals surface area contributed by atoms with E-state index < -0.39 is 16.5 Å². The Balaban J connectivity index is 1.37. The smallest absolute Gasteiger partial charge is 0.306 e. The van der Waals surface area contributed by atoms with Crippen LogP contribution in [0.25, 0.3) is 22.4 Å². The molecule has 42 heavy (non-hydrogen) atoms. The molecule has 0 amide bonds. The highest BCUT2D eigenvalue weighted by molar-refractivity contribution is 7.99. The summed E-state index contributed by atoms with van der Waals surface area (Å²) in [6.45, 7) is 3.63. The predicted octanol–water partition coefficient (Wildman–Crippen LogP) is 8.72. The molecule has 4 aromatic rings. The zero-order valence-corrected chi connectivity index (χ0v) is 25.7. The van der Waals surface area contributed by atoms with Gasteiger partial charge < -0.3 is 9.84 Å².